The second-order valence-corrected chi connectivity index (χ2v) is 11.4. The van der Waals surface area contributed by atoms with Crippen molar-refractivity contribution in [3.63, 3.8) is 0 Å². The van der Waals surface area contributed by atoms with Crippen LogP contribution in [0.2, 0.25) is 0 Å². The number of carbonyl (C=O) groups excluding carboxylic acids is 1. The normalized spacial score (nSPS) is 16.8. The van der Waals surface area contributed by atoms with E-state index in [1.54, 1.807) is 17.5 Å². The molecule has 1 amide bonds. The van der Waals surface area contributed by atoms with E-state index < -0.39 is 16.1 Å². The highest BCUT2D eigenvalue weighted by atomic mass is 32.2. The van der Waals surface area contributed by atoms with Crippen LogP contribution in [0.25, 0.3) is 0 Å². The zero-order valence-electron chi connectivity index (χ0n) is 18.9. The van der Waals surface area contributed by atoms with Crippen LogP contribution in [-0.2, 0) is 21.4 Å². The quantitative estimate of drug-likeness (QED) is 0.485. The standard InChI is InChI=1S/C23H34N4O3S2/c1-19(2)22(25-32(29,30)21-10-6-17-31-21)23(28)24-11-7-12-26-13-15-27(16-14-26)18-20-8-4-3-5-9-20/h3-6,8-10,17,19,22,25H,7,11-16,18H2,1-2H3,(H,24,28). The Labute approximate surface area is 195 Å². The molecule has 2 heterocycles. The van der Waals surface area contributed by atoms with Gasteiger partial charge in [-0.3, -0.25) is 9.69 Å². The number of hydrogen-bond donors (Lipinski definition) is 2. The van der Waals surface area contributed by atoms with Crippen molar-refractivity contribution in [2.45, 2.75) is 37.1 Å². The Kier molecular flexibility index (Phi) is 9.24. The number of carbonyl (C=O) groups is 1. The van der Waals surface area contributed by atoms with Crippen LogP contribution in [0.4, 0.5) is 0 Å². The molecular formula is C23H34N4O3S2. The van der Waals surface area contributed by atoms with E-state index in [0.717, 1.165) is 57.0 Å². The van der Waals surface area contributed by atoms with Crippen molar-refractivity contribution < 1.29 is 13.2 Å². The highest BCUT2D eigenvalue weighted by Crippen LogP contribution is 2.17. The number of nitrogens with zero attached hydrogens (tertiary/aromatic N) is 2. The molecule has 9 heteroatoms. The lowest BCUT2D eigenvalue weighted by Crippen LogP contribution is -2.50. The van der Waals surface area contributed by atoms with Crippen molar-refractivity contribution in [2.24, 2.45) is 5.92 Å². The molecule has 0 aliphatic carbocycles. The fourth-order valence-corrected chi connectivity index (χ4v) is 6.12. The van der Waals surface area contributed by atoms with Gasteiger partial charge in [-0.25, -0.2) is 8.42 Å². The second-order valence-electron chi connectivity index (χ2n) is 8.52. The summed E-state index contributed by atoms with van der Waals surface area (Å²) >= 11 is 1.14. The fourth-order valence-electron chi connectivity index (χ4n) is 3.77. The third kappa shape index (κ3) is 7.38. The van der Waals surface area contributed by atoms with Crippen LogP contribution in [0, 0.1) is 5.92 Å². The molecule has 0 radical (unpaired) electrons. The van der Waals surface area contributed by atoms with E-state index >= 15 is 0 Å². The van der Waals surface area contributed by atoms with Crippen LogP contribution in [0.15, 0.2) is 52.1 Å². The Morgan fingerprint density at radius 2 is 1.72 bits per heavy atom. The van der Waals surface area contributed by atoms with Gasteiger partial charge in [-0.15, -0.1) is 11.3 Å². The molecular weight excluding hydrogens is 444 g/mol. The molecule has 7 nitrogen and oxygen atoms in total. The average molecular weight is 479 g/mol. The third-order valence-electron chi connectivity index (χ3n) is 5.66. The minimum Gasteiger partial charge on any atom is -0.355 e. The predicted octanol–water partition coefficient (Wildman–Crippen LogP) is 2.38. The van der Waals surface area contributed by atoms with Crippen LogP contribution in [0.3, 0.4) is 0 Å². The van der Waals surface area contributed by atoms with E-state index in [1.165, 1.54) is 5.56 Å². The van der Waals surface area contributed by atoms with Crippen molar-refractivity contribution in [3.05, 3.63) is 53.4 Å². The first-order valence-electron chi connectivity index (χ1n) is 11.2. The first kappa shape index (κ1) is 24.9. The molecule has 2 aromatic rings. The van der Waals surface area contributed by atoms with Gasteiger partial charge in [0.05, 0.1) is 0 Å². The van der Waals surface area contributed by atoms with Gasteiger partial charge in [-0.1, -0.05) is 50.2 Å². The lowest BCUT2D eigenvalue weighted by molar-refractivity contribution is -0.123. The monoisotopic (exact) mass is 478 g/mol. The molecule has 0 saturated carbocycles. The predicted molar refractivity (Wildman–Crippen MR) is 129 cm³/mol. The number of thiophene rings is 1. The minimum atomic E-state index is -3.69. The average Bonchev–Trinajstić information content (AvgIpc) is 3.33. The molecule has 0 spiro atoms. The lowest BCUT2D eigenvalue weighted by Gasteiger charge is -2.34. The number of benzene rings is 1. The van der Waals surface area contributed by atoms with E-state index in [0.29, 0.717) is 6.54 Å². The molecule has 176 valence electrons. The SMILES string of the molecule is CC(C)C(NS(=O)(=O)c1cccs1)C(=O)NCCCN1CCN(Cc2ccccc2)CC1. The number of amides is 1. The number of sulfonamides is 1. The zero-order chi connectivity index (χ0) is 23.0. The molecule has 1 fully saturated rings. The molecule has 1 aliphatic rings. The van der Waals surface area contributed by atoms with Gasteiger partial charge in [-0.2, -0.15) is 4.72 Å². The largest absolute Gasteiger partial charge is 0.355 e. The molecule has 1 atom stereocenters. The molecule has 2 N–H and O–H groups in total. The molecule has 0 bridgehead atoms. The van der Waals surface area contributed by atoms with E-state index in [9.17, 15) is 13.2 Å². The molecule has 32 heavy (non-hydrogen) atoms. The van der Waals surface area contributed by atoms with E-state index in [-0.39, 0.29) is 16.0 Å². The maximum absolute atomic E-state index is 12.6. The van der Waals surface area contributed by atoms with Gasteiger partial charge in [0.2, 0.25) is 5.91 Å². The maximum Gasteiger partial charge on any atom is 0.250 e. The number of rotatable bonds is 11. The van der Waals surface area contributed by atoms with Gasteiger partial charge in [0, 0.05) is 39.3 Å². The molecule has 1 saturated heterocycles. The lowest BCUT2D eigenvalue weighted by atomic mass is 10.1. The van der Waals surface area contributed by atoms with Gasteiger partial charge in [0.15, 0.2) is 0 Å². The third-order valence-corrected chi connectivity index (χ3v) is 8.49. The summed E-state index contributed by atoms with van der Waals surface area (Å²) in [6.07, 6.45) is 0.840. The second kappa shape index (κ2) is 11.9. The Hall–Kier alpha value is -1.78. The summed E-state index contributed by atoms with van der Waals surface area (Å²) in [5.74, 6) is -0.421. The van der Waals surface area contributed by atoms with Gasteiger partial charge in [0.1, 0.15) is 10.3 Å². The van der Waals surface area contributed by atoms with Crippen molar-refractivity contribution in [1.82, 2.24) is 19.8 Å². The Bertz CT molecular complexity index is 925. The summed E-state index contributed by atoms with van der Waals surface area (Å²) in [5.41, 5.74) is 1.35. The fraction of sp³-hybridized carbons (Fsp3) is 0.522. The molecule has 1 aromatic heterocycles. The van der Waals surface area contributed by atoms with Gasteiger partial charge in [0.25, 0.3) is 10.0 Å². The van der Waals surface area contributed by atoms with Crippen LogP contribution >= 0.6 is 11.3 Å². The topological polar surface area (TPSA) is 81.7 Å². The van der Waals surface area contributed by atoms with Gasteiger partial charge >= 0.3 is 0 Å². The smallest absolute Gasteiger partial charge is 0.250 e. The summed E-state index contributed by atoms with van der Waals surface area (Å²) in [7, 11) is -3.69. The van der Waals surface area contributed by atoms with Gasteiger partial charge in [-0.05, 0) is 35.9 Å². The van der Waals surface area contributed by atoms with E-state index in [2.05, 4.69) is 44.1 Å². The van der Waals surface area contributed by atoms with Crippen LogP contribution in [0.1, 0.15) is 25.8 Å². The van der Waals surface area contributed by atoms with Crippen molar-refractivity contribution in [3.8, 4) is 0 Å². The van der Waals surface area contributed by atoms with E-state index in [4.69, 9.17) is 0 Å². The van der Waals surface area contributed by atoms with Crippen LogP contribution in [0.5, 0.6) is 0 Å². The van der Waals surface area contributed by atoms with Crippen LogP contribution in [-0.4, -0.2) is 69.4 Å². The first-order chi connectivity index (χ1) is 15.3. The summed E-state index contributed by atoms with van der Waals surface area (Å²) in [6.45, 7) is 10.3. The molecule has 1 aliphatic heterocycles. The summed E-state index contributed by atoms with van der Waals surface area (Å²) in [5, 5.41) is 4.62. The Morgan fingerprint density at radius 3 is 2.34 bits per heavy atom. The van der Waals surface area contributed by atoms with Crippen molar-refractivity contribution >= 4 is 27.3 Å². The molecule has 1 aromatic carbocycles. The maximum atomic E-state index is 12.6. The zero-order valence-corrected chi connectivity index (χ0v) is 20.5. The van der Waals surface area contributed by atoms with Crippen LogP contribution < -0.4 is 10.0 Å². The minimum absolute atomic E-state index is 0.151. The Balaban J connectivity index is 1.37. The highest BCUT2D eigenvalue weighted by molar-refractivity contribution is 7.91. The van der Waals surface area contributed by atoms with Crippen molar-refractivity contribution in [1.29, 1.82) is 0 Å². The summed E-state index contributed by atoms with van der Waals surface area (Å²) in [6, 6.07) is 13.0. The number of piperazine rings is 1. The Morgan fingerprint density at radius 1 is 1.03 bits per heavy atom. The highest BCUT2D eigenvalue weighted by Gasteiger charge is 2.28. The summed E-state index contributed by atoms with van der Waals surface area (Å²) in [4.78, 5) is 17.5. The molecule has 1 unspecified atom stereocenters. The van der Waals surface area contributed by atoms with Crippen molar-refractivity contribution in [2.75, 3.05) is 39.3 Å². The molecule has 3 rings (SSSR count). The number of hydrogen-bond acceptors (Lipinski definition) is 6. The summed E-state index contributed by atoms with van der Waals surface area (Å²) < 4.78 is 27.8. The van der Waals surface area contributed by atoms with E-state index in [1.807, 2.05) is 19.9 Å². The first-order valence-corrected chi connectivity index (χ1v) is 13.5. The van der Waals surface area contributed by atoms with Gasteiger partial charge < -0.3 is 10.2 Å². The number of nitrogens with one attached hydrogen (secondary N) is 2.